The highest BCUT2D eigenvalue weighted by Gasteiger charge is 2.09. The summed E-state index contributed by atoms with van der Waals surface area (Å²) in [7, 11) is 0. The molecule has 1 amide bonds. The first-order valence-corrected chi connectivity index (χ1v) is 8.80. The Hall–Kier alpha value is -2.73. The number of ketones is 1. The van der Waals surface area contributed by atoms with E-state index in [9.17, 15) is 9.59 Å². The maximum atomic E-state index is 12.3. The molecule has 0 aliphatic rings. The van der Waals surface area contributed by atoms with Gasteiger partial charge in [-0.05, 0) is 81.0 Å². The molecule has 0 radical (unpaired) electrons. The molecule has 0 aromatic heterocycles. The second-order valence-corrected chi connectivity index (χ2v) is 6.31. The highest BCUT2D eigenvalue weighted by Crippen LogP contribution is 2.15. The number of hydrogen-bond donors (Lipinski definition) is 2. The molecule has 2 aromatic carbocycles. The van der Waals surface area contributed by atoms with Crippen LogP contribution in [0.1, 0.15) is 47.9 Å². The summed E-state index contributed by atoms with van der Waals surface area (Å²) >= 11 is 5.16. The summed E-state index contributed by atoms with van der Waals surface area (Å²) in [5.74, 6) is 0.410. The van der Waals surface area contributed by atoms with E-state index in [4.69, 9.17) is 17.0 Å². The molecule has 0 bridgehead atoms. The molecule has 5 nitrogen and oxygen atoms in total. The molecule has 2 rings (SSSR count). The predicted octanol–water partition coefficient (Wildman–Crippen LogP) is 4.19. The van der Waals surface area contributed by atoms with Gasteiger partial charge in [-0.1, -0.05) is 6.92 Å². The van der Waals surface area contributed by atoms with Gasteiger partial charge in [0.15, 0.2) is 10.9 Å². The molecule has 0 aliphatic heterocycles. The Balaban J connectivity index is 1.92. The lowest BCUT2D eigenvalue weighted by atomic mass is 10.1. The van der Waals surface area contributed by atoms with Crippen molar-refractivity contribution in [1.29, 1.82) is 0 Å². The highest BCUT2D eigenvalue weighted by atomic mass is 32.1. The zero-order chi connectivity index (χ0) is 19.1. The smallest absolute Gasteiger partial charge is 0.257 e. The average molecular weight is 370 g/mol. The first kappa shape index (κ1) is 19.6. The van der Waals surface area contributed by atoms with Crippen LogP contribution in [0.4, 0.5) is 5.69 Å². The van der Waals surface area contributed by atoms with Gasteiger partial charge in [0.05, 0.1) is 6.10 Å². The van der Waals surface area contributed by atoms with Crippen LogP contribution < -0.4 is 15.4 Å². The number of nitrogens with one attached hydrogen (secondary N) is 2. The fourth-order valence-corrected chi connectivity index (χ4v) is 2.34. The number of hydrogen-bond acceptors (Lipinski definition) is 4. The van der Waals surface area contributed by atoms with Gasteiger partial charge in [-0.25, -0.2) is 0 Å². The van der Waals surface area contributed by atoms with Crippen molar-refractivity contribution < 1.29 is 14.3 Å². The number of thiocarbonyl (C=S) groups is 1. The summed E-state index contributed by atoms with van der Waals surface area (Å²) in [5, 5.41) is 5.73. The van der Waals surface area contributed by atoms with Gasteiger partial charge in [0.25, 0.3) is 5.91 Å². The Morgan fingerprint density at radius 3 is 2.15 bits per heavy atom. The van der Waals surface area contributed by atoms with Crippen molar-refractivity contribution in [2.75, 3.05) is 5.32 Å². The molecule has 2 aromatic rings. The van der Waals surface area contributed by atoms with E-state index < -0.39 is 0 Å². The third kappa shape index (κ3) is 5.67. The molecule has 0 aliphatic carbocycles. The van der Waals surface area contributed by atoms with Crippen molar-refractivity contribution in [3.8, 4) is 5.75 Å². The van der Waals surface area contributed by atoms with Gasteiger partial charge < -0.3 is 10.1 Å². The number of amides is 1. The van der Waals surface area contributed by atoms with Gasteiger partial charge in [0, 0.05) is 16.8 Å². The zero-order valence-electron chi connectivity index (χ0n) is 15.0. The second kappa shape index (κ2) is 9.10. The van der Waals surface area contributed by atoms with Gasteiger partial charge in [0.2, 0.25) is 0 Å². The summed E-state index contributed by atoms with van der Waals surface area (Å²) in [4.78, 5) is 23.5. The predicted molar refractivity (Wildman–Crippen MR) is 107 cm³/mol. The van der Waals surface area contributed by atoms with Crippen molar-refractivity contribution in [2.24, 2.45) is 0 Å². The molecule has 1 atom stereocenters. The van der Waals surface area contributed by atoms with E-state index in [1.165, 1.54) is 6.92 Å². The summed E-state index contributed by atoms with van der Waals surface area (Å²) in [6.45, 7) is 5.55. The second-order valence-electron chi connectivity index (χ2n) is 5.90. The molecular formula is C20H22N2O3S. The fourth-order valence-electron chi connectivity index (χ4n) is 2.13. The molecule has 6 heteroatoms. The van der Waals surface area contributed by atoms with Crippen molar-refractivity contribution >= 4 is 34.7 Å². The third-order valence-corrected chi connectivity index (χ3v) is 4.01. The number of benzene rings is 2. The monoisotopic (exact) mass is 370 g/mol. The topological polar surface area (TPSA) is 67.4 Å². The van der Waals surface area contributed by atoms with Gasteiger partial charge >= 0.3 is 0 Å². The van der Waals surface area contributed by atoms with E-state index in [1.807, 2.05) is 13.8 Å². The normalized spacial score (nSPS) is 11.3. The first-order valence-electron chi connectivity index (χ1n) is 8.39. The highest BCUT2D eigenvalue weighted by molar-refractivity contribution is 7.80. The summed E-state index contributed by atoms with van der Waals surface area (Å²) in [6.07, 6.45) is 1.04. The van der Waals surface area contributed by atoms with Crippen LogP contribution in [-0.2, 0) is 0 Å². The van der Waals surface area contributed by atoms with E-state index in [2.05, 4.69) is 10.6 Å². The van der Waals surface area contributed by atoms with E-state index in [-0.39, 0.29) is 22.9 Å². The molecule has 0 saturated carbocycles. The quantitative estimate of drug-likeness (QED) is 0.589. The van der Waals surface area contributed by atoms with Crippen molar-refractivity contribution in [3.05, 3.63) is 59.7 Å². The van der Waals surface area contributed by atoms with Gasteiger partial charge in [-0.2, -0.15) is 0 Å². The molecule has 0 unspecified atom stereocenters. The van der Waals surface area contributed by atoms with E-state index >= 15 is 0 Å². The van der Waals surface area contributed by atoms with E-state index in [0.29, 0.717) is 16.8 Å². The largest absolute Gasteiger partial charge is 0.491 e. The van der Waals surface area contributed by atoms with Crippen LogP contribution in [0.5, 0.6) is 5.75 Å². The molecule has 2 N–H and O–H groups in total. The lowest BCUT2D eigenvalue weighted by molar-refractivity contribution is 0.0976. The van der Waals surface area contributed by atoms with Crippen LogP contribution >= 0.6 is 12.2 Å². The summed E-state index contributed by atoms with van der Waals surface area (Å²) in [6, 6.07) is 13.8. The average Bonchev–Trinajstić information content (AvgIpc) is 2.62. The molecule has 0 heterocycles. The number of ether oxygens (including phenoxy) is 1. The Morgan fingerprint density at radius 1 is 1.04 bits per heavy atom. The minimum absolute atomic E-state index is 0.00631. The Bertz CT molecular complexity index is 786. The Morgan fingerprint density at radius 2 is 1.62 bits per heavy atom. The van der Waals surface area contributed by atoms with Crippen LogP contribution in [0.25, 0.3) is 0 Å². The summed E-state index contributed by atoms with van der Waals surface area (Å²) in [5.41, 5.74) is 1.79. The molecular weight excluding hydrogens is 348 g/mol. The Labute approximate surface area is 158 Å². The van der Waals surface area contributed by atoms with Crippen LogP contribution in [0.15, 0.2) is 48.5 Å². The minimum atomic E-state index is -0.307. The third-order valence-electron chi connectivity index (χ3n) is 3.81. The minimum Gasteiger partial charge on any atom is -0.491 e. The lowest BCUT2D eigenvalue weighted by Crippen LogP contribution is -2.34. The van der Waals surface area contributed by atoms with Gasteiger partial charge in [0.1, 0.15) is 5.75 Å². The number of Topliss-reactive ketones (excluding diaryl/α,β-unsaturated/α-hetero) is 1. The molecule has 26 heavy (non-hydrogen) atoms. The lowest BCUT2D eigenvalue weighted by Gasteiger charge is -2.13. The van der Waals surface area contributed by atoms with Crippen molar-refractivity contribution in [2.45, 2.75) is 33.3 Å². The van der Waals surface area contributed by atoms with E-state index in [1.54, 1.807) is 48.5 Å². The molecule has 0 fully saturated rings. The fraction of sp³-hybridized carbons (Fsp3) is 0.250. The van der Waals surface area contributed by atoms with E-state index in [0.717, 1.165) is 12.2 Å². The SMILES string of the molecule is CC[C@@H](C)Oc1ccc(C(=O)NC(=S)Nc2ccc(C(C)=O)cc2)cc1. The molecule has 0 spiro atoms. The number of carbonyl (C=O) groups excluding carboxylic acids is 2. The first-order chi connectivity index (χ1) is 12.4. The van der Waals surface area contributed by atoms with Gasteiger partial charge in [-0.3, -0.25) is 14.9 Å². The van der Waals surface area contributed by atoms with Crippen molar-refractivity contribution in [3.63, 3.8) is 0 Å². The maximum Gasteiger partial charge on any atom is 0.257 e. The van der Waals surface area contributed by atoms with Gasteiger partial charge in [-0.15, -0.1) is 0 Å². The zero-order valence-corrected chi connectivity index (χ0v) is 15.9. The van der Waals surface area contributed by atoms with Crippen molar-refractivity contribution in [1.82, 2.24) is 5.32 Å². The molecule has 0 saturated heterocycles. The summed E-state index contributed by atoms with van der Waals surface area (Å²) < 4.78 is 5.69. The number of anilines is 1. The molecule has 136 valence electrons. The van der Waals surface area contributed by atoms with Crippen LogP contribution in [0.2, 0.25) is 0 Å². The van der Waals surface area contributed by atoms with Crippen LogP contribution in [0, 0.1) is 0 Å². The Kier molecular flexibility index (Phi) is 6.86. The standard InChI is InChI=1S/C20H22N2O3S/c1-4-13(2)25-18-11-7-16(8-12-18)19(24)22-20(26)21-17-9-5-15(6-10-17)14(3)23/h5-13H,4H2,1-3H3,(H2,21,22,24,26)/t13-/m1/s1. The maximum absolute atomic E-state index is 12.3. The number of carbonyl (C=O) groups is 2. The van der Waals surface area contributed by atoms with Crippen LogP contribution in [-0.4, -0.2) is 22.9 Å². The number of rotatable bonds is 6. The van der Waals surface area contributed by atoms with Crippen LogP contribution in [0.3, 0.4) is 0 Å².